The van der Waals surface area contributed by atoms with E-state index in [1.54, 1.807) is 0 Å². The second-order valence-electron chi connectivity index (χ2n) is 4.57. The van der Waals surface area contributed by atoms with E-state index in [2.05, 4.69) is 10.3 Å². The van der Waals surface area contributed by atoms with Crippen LogP contribution in [0.5, 0.6) is 0 Å². The third-order valence-corrected chi connectivity index (χ3v) is 3.10. The minimum Gasteiger partial charge on any atom is -0.479 e. The van der Waals surface area contributed by atoms with Gasteiger partial charge in [-0.25, -0.2) is 4.79 Å². The van der Waals surface area contributed by atoms with E-state index < -0.39 is 29.3 Å². The zero-order valence-electron chi connectivity index (χ0n) is 10.6. The number of aromatic nitrogens is 1. The first-order chi connectivity index (χ1) is 9.74. The number of halogens is 3. The van der Waals surface area contributed by atoms with Crippen molar-refractivity contribution < 1.29 is 32.6 Å². The highest BCUT2D eigenvalue weighted by atomic mass is 19.4. The molecule has 2 heterocycles. The van der Waals surface area contributed by atoms with Gasteiger partial charge in [-0.2, -0.15) is 13.2 Å². The summed E-state index contributed by atoms with van der Waals surface area (Å²) < 4.78 is 42.0. The van der Waals surface area contributed by atoms with Gasteiger partial charge in [-0.15, -0.1) is 0 Å². The van der Waals surface area contributed by atoms with Crippen molar-refractivity contribution in [3.8, 4) is 0 Å². The highest BCUT2D eigenvalue weighted by molar-refractivity contribution is 5.97. The van der Waals surface area contributed by atoms with Crippen LogP contribution < -0.4 is 5.32 Å². The maximum atomic E-state index is 12.4. The van der Waals surface area contributed by atoms with Crippen molar-refractivity contribution in [3.05, 3.63) is 29.6 Å². The van der Waals surface area contributed by atoms with Crippen LogP contribution in [0.1, 0.15) is 22.5 Å². The number of carboxylic acids is 1. The maximum absolute atomic E-state index is 12.4. The van der Waals surface area contributed by atoms with Crippen LogP contribution in [0.25, 0.3) is 0 Å². The first-order valence-electron chi connectivity index (χ1n) is 5.91. The number of nitrogens with zero attached hydrogens (tertiary/aromatic N) is 1. The number of hydrogen-bond donors (Lipinski definition) is 2. The first-order valence-corrected chi connectivity index (χ1v) is 5.91. The van der Waals surface area contributed by atoms with Gasteiger partial charge in [-0.1, -0.05) is 0 Å². The van der Waals surface area contributed by atoms with Crippen LogP contribution in [0, 0.1) is 0 Å². The standard InChI is InChI=1S/C12H11F3N2O4/c13-12(14,15)8-2-1-7(5-16-8)9(18)17-11(10(19)20)3-4-21-6-11/h1-2,5H,3-4,6H2,(H,17,18)(H,19,20). The zero-order valence-corrected chi connectivity index (χ0v) is 10.6. The Bertz CT molecular complexity index is 551. The Morgan fingerprint density at radius 2 is 2.10 bits per heavy atom. The van der Waals surface area contributed by atoms with E-state index in [4.69, 9.17) is 9.84 Å². The molecule has 6 nitrogen and oxygen atoms in total. The molecule has 1 unspecified atom stereocenters. The number of alkyl halides is 3. The van der Waals surface area contributed by atoms with Crippen LogP contribution >= 0.6 is 0 Å². The predicted molar refractivity (Wildman–Crippen MR) is 62.5 cm³/mol. The van der Waals surface area contributed by atoms with E-state index in [1.807, 2.05) is 0 Å². The Balaban J connectivity index is 2.15. The summed E-state index contributed by atoms with van der Waals surface area (Å²) in [6, 6.07) is 1.60. The van der Waals surface area contributed by atoms with E-state index >= 15 is 0 Å². The molecular formula is C12H11F3N2O4. The molecular weight excluding hydrogens is 293 g/mol. The summed E-state index contributed by atoms with van der Waals surface area (Å²) >= 11 is 0. The monoisotopic (exact) mass is 304 g/mol. The number of carbonyl (C=O) groups excluding carboxylic acids is 1. The van der Waals surface area contributed by atoms with Gasteiger partial charge >= 0.3 is 12.1 Å². The van der Waals surface area contributed by atoms with Crippen molar-refractivity contribution in [2.24, 2.45) is 0 Å². The fourth-order valence-corrected chi connectivity index (χ4v) is 1.87. The lowest BCUT2D eigenvalue weighted by molar-refractivity contribution is -0.144. The van der Waals surface area contributed by atoms with E-state index in [1.165, 1.54) is 0 Å². The molecule has 0 bridgehead atoms. The maximum Gasteiger partial charge on any atom is 0.433 e. The van der Waals surface area contributed by atoms with Gasteiger partial charge in [0.15, 0.2) is 5.54 Å². The second-order valence-corrected chi connectivity index (χ2v) is 4.57. The number of amides is 1. The molecule has 2 rings (SSSR count). The second kappa shape index (κ2) is 5.32. The van der Waals surface area contributed by atoms with Crippen molar-refractivity contribution in [2.45, 2.75) is 18.1 Å². The van der Waals surface area contributed by atoms with Crippen LogP contribution in [0.2, 0.25) is 0 Å². The Labute approximate surface area is 116 Å². The lowest BCUT2D eigenvalue weighted by atomic mass is 9.98. The fraction of sp³-hybridized carbons (Fsp3) is 0.417. The molecule has 0 aromatic carbocycles. The quantitative estimate of drug-likeness (QED) is 0.872. The van der Waals surface area contributed by atoms with Crippen molar-refractivity contribution in [3.63, 3.8) is 0 Å². The number of pyridine rings is 1. The molecule has 1 aromatic rings. The summed E-state index contributed by atoms with van der Waals surface area (Å²) in [5.74, 6) is -2.07. The number of carboxylic acid groups (broad SMARTS) is 1. The van der Waals surface area contributed by atoms with Gasteiger partial charge in [0.2, 0.25) is 0 Å². The number of rotatable bonds is 3. The number of nitrogens with one attached hydrogen (secondary N) is 1. The smallest absolute Gasteiger partial charge is 0.433 e. The van der Waals surface area contributed by atoms with E-state index in [9.17, 15) is 22.8 Å². The zero-order chi connectivity index (χ0) is 15.7. The van der Waals surface area contributed by atoms with Crippen molar-refractivity contribution in [2.75, 3.05) is 13.2 Å². The summed E-state index contributed by atoms with van der Waals surface area (Å²) in [5.41, 5.74) is -2.84. The molecule has 21 heavy (non-hydrogen) atoms. The van der Waals surface area contributed by atoms with E-state index in [0.717, 1.165) is 12.3 Å². The summed E-state index contributed by atoms with van der Waals surface area (Å²) in [6.45, 7) is -0.0139. The third kappa shape index (κ3) is 3.13. The van der Waals surface area contributed by atoms with Crippen LogP contribution in [-0.4, -0.2) is 40.7 Å². The molecule has 1 aromatic heterocycles. The van der Waals surface area contributed by atoms with Crippen molar-refractivity contribution in [1.82, 2.24) is 10.3 Å². The Kier molecular flexibility index (Phi) is 3.86. The molecule has 1 atom stereocenters. The van der Waals surface area contributed by atoms with Gasteiger partial charge in [0.25, 0.3) is 5.91 Å². The number of aliphatic carboxylic acids is 1. The molecule has 1 fully saturated rings. The van der Waals surface area contributed by atoms with Gasteiger partial charge in [0.05, 0.1) is 12.2 Å². The van der Waals surface area contributed by atoms with Gasteiger partial charge in [0.1, 0.15) is 5.69 Å². The van der Waals surface area contributed by atoms with Crippen molar-refractivity contribution in [1.29, 1.82) is 0 Å². The molecule has 114 valence electrons. The molecule has 1 amide bonds. The molecule has 1 aliphatic rings. The molecule has 2 N–H and O–H groups in total. The SMILES string of the molecule is O=C(NC1(C(=O)O)CCOC1)c1ccc(C(F)(F)F)nc1. The highest BCUT2D eigenvalue weighted by Gasteiger charge is 2.44. The lowest BCUT2D eigenvalue weighted by Crippen LogP contribution is -2.55. The molecule has 9 heteroatoms. The third-order valence-electron chi connectivity index (χ3n) is 3.10. The van der Waals surface area contributed by atoms with Crippen LogP contribution in [0.4, 0.5) is 13.2 Å². The minimum atomic E-state index is -4.60. The highest BCUT2D eigenvalue weighted by Crippen LogP contribution is 2.27. The lowest BCUT2D eigenvalue weighted by Gasteiger charge is -2.23. The van der Waals surface area contributed by atoms with E-state index in [-0.39, 0.29) is 25.2 Å². The normalized spacial score (nSPS) is 22.0. The summed E-state index contributed by atoms with van der Waals surface area (Å²) in [6.07, 6.45) is -3.76. The summed E-state index contributed by atoms with van der Waals surface area (Å²) in [4.78, 5) is 26.3. The Morgan fingerprint density at radius 3 is 2.52 bits per heavy atom. The van der Waals surface area contributed by atoms with Gasteiger partial charge in [-0.05, 0) is 12.1 Å². The van der Waals surface area contributed by atoms with Crippen LogP contribution in [0.3, 0.4) is 0 Å². The van der Waals surface area contributed by atoms with Crippen LogP contribution in [0.15, 0.2) is 18.3 Å². The van der Waals surface area contributed by atoms with Gasteiger partial charge in [0, 0.05) is 19.2 Å². The average molecular weight is 304 g/mol. The van der Waals surface area contributed by atoms with Gasteiger partial charge in [-0.3, -0.25) is 9.78 Å². The molecule has 0 radical (unpaired) electrons. The number of hydrogen-bond acceptors (Lipinski definition) is 4. The average Bonchev–Trinajstić information content (AvgIpc) is 2.88. The molecule has 0 spiro atoms. The fourth-order valence-electron chi connectivity index (χ4n) is 1.87. The number of ether oxygens (including phenoxy) is 1. The van der Waals surface area contributed by atoms with Crippen LogP contribution in [-0.2, 0) is 15.7 Å². The topological polar surface area (TPSA) is 88.5 Å². The molecule has 1 aliphatic heterocycles. The Morgan fingerprint density at radius 1 is 1.38 bits per heavy atom. The van der Waals surface area contributed by atoms with E-state index in [0.29, 0.717) is 6.07 Å². The number of carbonyl (C=O) groups is 2. The molecule has 0 aliphatic carbocycles. The van der Waals surface area contributed by atoms with Gasteiger partial charge < -0.3 is 15.2 Å². The minimum absolute atomic E-state index is 0.0855. The first kappa shape index (κ1) is 15.2. The Hall–Kier alpha value is -2.16. The largest absolute Gasteiger partial charge is 0.479 e. The summed E-state index contributed by atoms with van der Waals surface area (Å²) in [5, 5.41) is 11.4. The summed E-state index contributed by atoms with van der Waals surface area (Å²) in [7, 11) is 0. The molecule has 1 saturated heterocycles. The van der Waals surface area contributed by atoms with Crippen molar-refractivity contribution >= 4 is 11.9 Å². The predicted octanol–water partition coefficient (Wildman–Crippen LogP) is 1.07. The molecule has 0 saturated carbocycles.